The molecule has 0 spiro atoms. The second kappa shape index (κ2) is 5.29. The summed E-state index contributed by atoms with van der Waals surface area (Å²) >= 11 is 13.6. The fourth-order valence-corrected chi connectivity index (χ4v) is 3.54. The van der Waals surface area contributed by atoms with Crippen molar-refractivity contribution in [3.8, 4) is 0 Å². The number of hydrogen-bond acceptors (Lipinski definition) is 4. The van der Waals surface area contributed by atoms with Crippen LogP contribution >= 0.6 is 34.5 Å². The van der Waals surface area contributed by atoms with Crippen LogP contribution in [0.3, 0.4) is 0 Å². The van der Waals surface area contributed by atoms with Crippen LogP contribution in [0.4, 0.5) is 5.13 Å². The number of nitrogens with zero attached hydrogens (tertiary/aromatic N) is 2. The zero-order valence-electron chi connectivity index (χ0n) is 10.2. The Balaban J connectivity index is 1.73. The number of fused-ring (bicyclic) bond motifs is 1. The van der Waals surface area contributed by atoms with Crippen LogP contribution in [0.15, 0.2) is 18.2 Å². The third-order valence-corrected chi connectivity index (χ3v) is 4.87. The lowest BCUT2D eigenvalue weighted by Crippen LogP contribution is -2.29. The van der Waals surface area contributed by atoms with Crippen LogP contribution in [0.2, 0.25) is 10.0 Å². The number of halogens is 2. The highest BCUT2D eigenvalue weighted by molar-refractivity contribution is 7.15. The monoisotopic (exact) mass is 313 g/mol. The van der Waals surface area contributed by atoms with Gasteiger partial charge in [-0.1, -0.05) is 29.3 Å². The molecule has 1 aliphatic rings. The molecule has 0 amide bonds. The van der Waals surface area contributed by atoms with E-state index in [0.717, 1.165) is 31.7 Å². The fourth-order valence-electron chi connectivity index (χ4n) is 2.30. The summed E-state index contributed by atoms with van der Waals surface area (Å²) in [6.45, 7) is 2.77. The van der Waals surface area contributed by atoms with E-state index in [1.165, 1.54) is 10.4 Å². The summed E-state index contributed by atoms with van der Waals surface area (Å²) in [5.74, 6) is 0. The van der Waals surface area contributed by atoms with Gasteiger partial charge in [0.15, 0.2) is 5.13 Å². The standard InChI is InChI=1S/C13H13Cl2N3S/c14-9-2-1-8(5-10(9)15)6-18-4-3-11-12(7-18)19-13(16)17-11/h1-2,5H,3-4,6-7H2,(H2,16,17). The van der Waals surface area contributed by atoms with Crippen molar-refractivity contribution >= 4 is 39.7 Å². The van der Waals surface area contributed by atoms with Crippen molar-refractivity contribution in [2.75, 3.05) is 12.3 Å². The molecule has 6 heteroatoms. The summed E-state index contributed by atoms with van der Waals surface area (Å²) in [4.78, 5) is 8.01. The maximum Gasteiger partial charge on any atom is 0.180 e. The molecule has 2 N–H and O–H groups in total. The van der Waals surface area contributed by atoms with Gasteiger partial charge in [-0.3, -0.25) is 4.90 Å². The molecular weight excluding hydrogens is 301 g/mol. The highest BCUT2D eigenvalue weighted by atomic mass is 35.5. The first-order valence-electron chi connectivity index (χ1n) is 6.02. The molecule has 3 nitrogen and oxygen atoms in total. The largest absolute Gasteiger partial charge is 0.375 e. The molecule has 0 radical (unpaired) electrons. The minimum absolute atomic E-state index is 0.599. The zero-order chi connectivity index (χ0) is 13.4. The average Bonchev–Trinajstić information content (AvgIpc) is 2.73. The van der Waals surface area contributed by atoms with E-state index in [1.807, 2.05) is 18.2 Å². The normalized spacial score (nSPS) is 15.5. The lowest BCUT2D eigenvalue weighted by Gasteiger charge is -2.25. The Labute approximate surface area is 126 Å². The highest BCUT2D eigenvalue weighted by Crippen LogP contribution is 2.28. The Kier molecular flexibility index (Phi) is 3.67. The summed E-state index contributed by atoms with van der Waals surface area (Å²) < 4.78 is 0. The van der Waals surface area contributed by atoms with Crippen LogP contribution in [-0.4, -0.2) is 16.4 Å². The fraction of sp³-hybridized carbons (Fsp3) is 0.308. The summed E-state index contributed by atoms with van der Waals surface area (Å²) in [7, 11) is 0. The molecule has 2 aromatic rings. The Morgan fingerprint density at radius 2 is 2.16 bits per heavy atom. The van der Waals surface area contributed by atoms with E-state index in [9.17, 15) is 0 Å². The SMILES string of the molecule is Nc1nc2c(s1)CN(Cc1ccc(Cl)c(Cl)c1)CC2. The third kappa shape index (κ3) is 2.87. The van der Waals surface area contributed by atoms with Crippen LogP contribution in [-0.2, 0) is 19.5 Å². The predicted molar refractivity (Wildman–Crippen MR) is 80.8 cm³/mol. The van der Waals surface area contributed by atoms with Gasteiger partial charge in [0.25, 0.3) is 0 Å². The Hall–Kier alpha value is -0.810. The van der Waals surface area contributed by atoms with E-state index in [0.29, 0.717) is 15.2 Å². The van der Waals surface area contributed by atoms with Gasteiger partial charge in [-0.15, -0.1) is 11.3 Å². The number of aromatic nitrogens is 1. The van der Waals surface area contributed by atoms with Crippen molar-refractivity contribution in [1.29, 1.82) is 0 Å². The first kappa shape index (κ1) is 13.2. The summed E-state index contributed by atoms with van der Waals surface area (Å²) in [5.41, 5.74) is 8.09. The van der Waals surface area contributed by atoms with Gasteiger partial charge in [0.1, 0.15) is 0 Å². The topological polar surface area (TPSA) is 42.1 Å². The smallest absolute Gasteiger partial charge is 0.180 e. The van der Waals surface area contributed by atoms with E-state index in [-0.39, 0.29) is 0 Å². The molecule has 0 atom stereocenters. The number of nitrogens with two attached hydrogens (primary N) is 1. The van der Waals surface area contributed by atoms with Gasteiger partial charge >= 0.3 is 0 Å². The van der Waals surface area contributed by atoms with Gasteiger partial charge in [-0.05, 0) is 17.7 Å². The van der Waals surface area contributed by atoms with Gasteiger partial charge in [-0.25, -0.2) is 4.98 Å². The lowest BCUT2D eigenvalue weighted by atomic mass is 10.1. The van der Waals surface area contributed by atoms with Crippen LogP contribution in [0, 0.1) is 0 Å². The first-order chi connectivity index (χ1) is 9.11. The number of benzene rings is 1. The minimum Gasteiger partial charge on any atom is -0.375 e. The van der Waals surface area contributed by atoms with Gasteiger partial charge in [0, 0.05) is 30.9 Å². The molecular formula is C13H13Cl2N3S. The first-order valence-corrected chi connectivity index (χ1v) is 7.59. The molecule has 0 bridgehead atoms. The Bertz CT molecular complexity index is 612. The molecule has 0 fully saturated rings. The predicted octanol–water partition coefficient (Wildman–Crippen LogP) is 3.59. The maximum absolute atomic E-state index is 6.04. The van der Waals surface area contributed by atoms with E-state index in [4.69, 9.17) is 28.9 Å². The van der Waals surface area contributed by atoms with Gasteiger partial charge in [0.05, 0.1) is 15.7 Å². The van der Waals surface area contributed by atoms with Crippen molar-refractivity contribution in [2.24, 2.45) is 0 Å². The van der Waals surface area contributed by atoms with Crippen LogP contribution in [0.25, 0.3) is 0 Å². The molecule has 1 aromatic carbocycles. The van der Waals surface area contributed by atoms with E-state index >= 15 is 0 Å². The van der Waals surface area contributed by atoms with Crippen LogP contribution < -0.4 is 5.73 Å². The van der Waals surface area contributed by atoms with E-state index in [2.05, 4.69) is 9.88 Å². The van der Waals surface area contributed by atoms with Crippen molar-refractivity contribution in [3.05, 3.63) is 44.4 Å². The van der Waals surface area contributed by atoms with E-state index in [1.54, 1.807) is 11.3 Å². The number of thiazole rings is 1. The third-order valence-electron chi connectivity index (χ3n) is 3.22. The van der Waals surface area contributed by atoms with Crippen LogP contribution in [0.5, 0.6) is 0 Å². The quantitative estimate of drug-likeness (QED) is 0.921. The summed E-state index contributed by atoms with van der Waals surface area (Å²) in [6, 6.07) is 5.80. The molecule has 0 saturated heterocycles. The second-order valence-electron chi connectivity index (χ2n) is 4.63. The van der Waals surface area contributed by atoms with Crippen molar-refractivity contribution in [2.45, 2.75) is 19.5 Å². The molecule has 2 heterocycles. The van der Waals surface area contributed by atoms with Gasteiger partial charge < -0.3 is 5.73 Å². The van der Waals surface area contributed by atoms with E-state index < -0.39 is 0 Å². The van der Waals surface area contributed by atoms with Crippen LogP contribution in [0.1, 0.15) is 16.1 Å². The zero-order valence-corrected chi connectivity index (χ0v) is 12.5. The lowest BCUT2D eigenvalue weighted by molar-refractivity contribution is 0.247. The molecule has 0 aliphatic carbocycles. The summed E-state index contributed by atoms with van der Waals surface area (Å²) in [6.07, 6.45) is 0.963. The Morgan fingerprint density at radius 3 is 2.95 bits per heavy atom. The molecule has 1 aliphatic heterocycles. The van der Waals surface area contributed by atoms with Crippen molar-refractivity contribution < 1.29 is 0 Å². The summed E-state index contributed by atoms with van der Waals surface area (Å²) in [5, 5.41) is 1.88. The molecule has 0 saturated carbocycles. The number of hydrogen-bond donors (Lipinski definition) is 1. The van der Waals surface area contributed by atoms with Crippen molar-refractivity contribution in [3.63, 3.8) is 0 Å². The second-order valence-corrected chi connectivity index (χ2v) is 6.56. The molecule has 19 heavy (non-hydrogen) atoms. The molecule has 0 unspecified atom stereocenters. The maximum atomic E-state index is 6.04. The average molecular weight is 314 g/mol. The number of rotatable bonds is 2. The minimum atomic E-state index is 0.599. The van der Waals surface area contributed by atoms with Gasteiger partial charge in [-0.2, -0.15) is 0 Å². The highest BCUT2D eigenvalue weighted by Gasteiger charge is 2.20. The molecule has 1 aromatic heterocycles. The number of nitrogen functional groups attached to an aromatic ring is 1. The van der Waals surface area contributed by atoms with Crippen molar-refractivity contribution in [1.82, 2.24) is 9.88 Å². The molecule has 3 rings (SSSR count). The Morgan fingerprint density at radius 1 is 1.32 bits per heavy atom. The number of anilines is 1. The molecule has 100 valence electrons. The van der Waals surface area contributed by atoms with Gasteiger partial charge in [0.2, 0.25) is 0 Å².